The zero-order valence-electron chi connectivity index (χ0n) is 10.9. The SMILES string of the molecule is CC(C)COP(=O)(OCC(C)C)[C@H](O)C(Cl)(Cl)Cl. The van der Waals surface area contributed by atoms with Crippen molar-refractivity contribution >= 4 is 42.4 Å². The minimum absolute atomic E-state index is 0.114. The van der Waals surface area contributed by atoms with Crippen LogP contribution in [0, 0.1) is 11.8 Å². The van der Waals surface area contributed by atoms with E-state index >= 15 is 0 Å². The van der Waals surface area contributed by atoms with Gasteiger partial charge in [0.25, 0.3) is 0 Å². The van der Waals surface area contributed by atoms with Gasteiger partial charge in [-0.05, 0) is 11.8 Å². The number of hydrogen-bond acceptors (Lipinski definition) is 4. The quantitative estimate of drug-likeness (QED) is 0.556. The van der Waals surface area contributed by atoms with Gasteiger partial charge in [0.1, 0.15) is 0 Å². The van der Waals surface area contributed by atoms with E-state index in [1.165, 1.54) is 0 Å². The predicted molar refractivity (Wildman–Crippen MR) is 75.5 cm³/mol. The minimum atomic E-state index is -3.88. The van der Waals surface area contributed by atoms with Gasteiger partial charge in [-0.3, -0.25) is 4.57 Å². The molecule has 110 valence electrons. The Bertz CT molecular complexity index is 275. The fourth-order valence-electron chi connectivity index (χ4n) is 0.864. The van der Waals surface area contributed by atoms with E-state index in [4.69, 9.17) is 43.9 Å². The van der Waals surface area contributed by atoms with Crippen LogP contribution in [-0.2, 0) is 13.6 Å². The molecule has 8 heteroatoms. The van der Waals surface area contributed by atoms with E-state index in [-0.39, 0.29) is 25.0 Å². The molecule has 18 heavy (non-hydrogen) atoms. The molecule has 1 atom stereocenters. The molecular formula is C10H20Cl3O4P. The summed E-state index contributed by atoms with van der Waals surface area (Å²) in [6.45, 7) is 7.77. The summed E-state index contributed by atoms with van der Waals surface area (Å²) in [5.74, 6) is -1.58. The first kappa shape index (κ1) is 19.0. The molecule has 0 aliphatic heterocycles. The van der Waals surface area contributed by atoms with Crippen LogP contribution < -0.4 is 0 Å². The number of alkyl halides is 3. The van der Waals surface area contributed by atoms with Gasteiger partial charge in [0, 0.05) is 0 Å². The summed E-state index contributed by atoms with van der Waals surface area (Å²) in [6.07, 6.45) is 0. The maximum Gasteiger partial charge on any atom is 0.363 e. The maximum atomic E-state index is 12.4. The molecule has 0 rings (SSSR count). The second-order valence-corrected chi connectivity index (χ2v) is 9.29. The molecule has 0 aliphatic rings. The Hall–Kier alpha value is 0.980. The molecule has 0 fully saturated rings. The van der Waals surface area contributed by atoms with E-state index in [1.54, 1.807) is 0 Å². The molecule has 0 amide bonds. The summed E-state index contributed by atoms with van der Waals surface area (Å²) < 4.78 is 20.6. The molecule has 0 radical (unpaired) electrons. The van der Waals surface area contributed by atoms with Gasteiger partial charge in [-0.15, -0.1) is 0 Å². The van der Waals surface area contributed by atoms with Crippen molar-refractivity contribution < 1.29 is 18.7 Å². The van der Waals surface area contributed by atoms with Crippen molar-refractivity contribution in [3.05, 3.63) is 0 Å². The molecule has 0 spiro atoms. The summed E-state index contributed by atoms with van der Waals surface area (Å²) in [4.78, 5) is 0. The van der Waals surface area contributed by atoms with Crippen LogP contribution in [0.5, 0.6) is 0 Å². The van der Waals surface area contributed by atoms with Crippen LogP contribution in [0.1, 0.15) is 27.7 Å². The third-order valence-corrected chi connectivity index (χ3v) is 4.85. The normalized spacial score (nSPS) is 15.4. The Morgan fingerprint density at radius 3 is 1.61 bits per heavy atom. The van der Waals surface area contributed by atoms with Crippen molar-refractivity contribution in [2.75, 3.05) is 13.2 Å². The van der Waals surface area contributed by atoms with Crippen molar-refractivity contribution in [3.8, 4) is 0 Å². The van der Waals surface area contributed by atoms with E-state index in [0.717, 1.165) is 0 Å². The number of rotatable bonds is 7. The van der Waals surface area contributed by atoms with E-state index in [2.05, 4.69) is 0 Å². The number of aliphatic hydroxyl groups is 1. The molecule has 0 saturated heterocycles. The lowest BCUT2D eigenvalue weighted by atomic mass is 10.2. The smallest absolute Gasteiger partial charge is 0.363 e. The van der Waals surface area contributed by atoms with Crippen molar-refractivity contribution in [3.63, 3.8) is 0 Å². The highest BCUT2D eigenvalue weighted by Gasteiger charge is 2.48. The average Bonchev–Trinajstić information content (AvgIpc) is 2.21. The summed E-state index contributed by atoms with van der Waals surface area (Å²) >= 11 is 16.6. The van der Waals surface area contributed by atoms with E-state index < -0.39 is 17.2 Å². The predicted octanol–water partition coefficient (Wildman–Crippen LogP) is 4.21. The second kappa shape index (κ2) is 7.68. The molecule has 0 aromatic rings. The lowest BCUT2D eigenvalue weighted by Crippen LogP contribution is -2.28. The molecule has 1 N–H and O–H groups in total. The Morgan fingerprint density at radius 2 is 1.39 bits per heavy atom. The number of hydrogen-bond donors (Lipinski definition) is 1. The third-order valence-electron chi connectivity index (χ3n) is 1.77. The van der Waals surface area contributed by atoms with Crippen molar-refractivity contribution in [2.45, 2.75) is 37.3 Å². The van der Waals surface area contributed by atoms with Gasteiger partial charge in [0.2, 0.25) is 9.64 Å². The zero-order chi connectivity index (χ0) is 14.6. The molecule has 0 heterocycles. The van der Waals surface area contributed by atoms with Crippen LogP contribution in [0.15, 0.2) is 0 Å². The fraction of sp³-hybridized carbons (Fsp3) is 1.00. The Kier molecular flexibility index (Phi) is 8.10. The molecular weight excluding hydrogens is 321 g/mol. The molecule has 4 nitrogen and oxygen atoms in total. The highest BCUT2D eigenvalue weighted by molar-refractivity contribution is 7.55. The van der Waals surface area contributed by atoms with Crippen molar-refractivity contribution in [1.29, 1.82) is 0 Å². The van der Waals surface area contributed by atoms with Gasteiger partial charge < -0.3 is 14.2 Å². The van der Waals surface area contributed by atoms with Gasteiger partial charge >= 0.3 is 7.60 Å². The molecule has 0 saturated carbocycles. The minimum Gasteiger partial charge on any atom is -0.377 e. The maximum absolute atomic E-state index is 12.4. The standard InChI is InChI=1S/C10H20Cl3O4P/c1-7(2)5-16-18(15,17-6-8(3)4)9(14)10(11,12)13/h7-9,14H,5-6H2,1-4H3/t9-/m0/s1. The first-order valence-electron chi connectivity index (χ1n) is 5.62. The first-order chi connectivity index (χ1) is 7.99. The van der Waals surface area contributed by atoms with Gasteiger partial charge in [-0.25, -0.2) is 0 Å². The van der Waals surface area contributed by atoms with E-state index in [0.29, 0.717) is 0 Å². The summed E-state index contributed by atoms with van der Waals surface area (Å²) in [7, 11) is -3.88. The third kappa shape index (κ3) is 6.95. The topological polar surface area (TPSA) is 55.8 Å². The number of halogens is 3. The monoisotopic (exact) mass is 340 g/mol. The van der Waals surface area contributed by atoms with Crippen LogP contribution in [0.4, 0.5) is 0 Å². The van der Waals surface area contributed by atoms with Crippen LogP contribution in [-0.4, -0.2) is 28.0 Å². The molecule has 0 aromatic carbocycles. The van der Waals surface area contributed by atoms with Crippen molar-refractivity contribution in [2.24, 2.45) is 11.8 Å². The molecule has 0 aromatic heterocycles. The van der Waals surface area contributed by atoms with E-state index in [9.17, 15) is 9.67 Å². The van der Waals surface area contributed by atoms with Crippen LogP contribution in [0.25, 0.3) is 0 Å². The fourth-order valence-corrected chi connectivity index (χ4v) is 3.67. The lowest BCUT2D eigenvalue weighted by molar-refractivity contribution is 0.125. The van der Waals surface area contributed by atoms with Gasteiger partial charge in [0.15, 0.2) is 0 Å². The van der Waals surface area contributed by atoms with Gasteiger partial charge in [-0.1, -0.05) is 62.5 Å². The molecule has 0 bridgehead atoms. The Morgan fingerprint density at radius 1 is 1.06 bits per heavy atom. The Labute approximate surface area is 123 Å². The van der Waals surface area contributed by atoms with Crippen LogP contribution >= 0.6 is 42.4 Å². The zero-order valence-corrected chi connectivity index (χ0v) is 14.1. The van der Waals surface area contributed by atoms with Crippen LogP contribution in [0.3, 0.4) is 0 Å². The molecule has 0 unspecified atom stereocenters. The molecule has 0 aliphatic carbocycles. The number of aliphatic hydroxyl groups excluding tert-OH is 1. The summed E-state index contributed by atoms with van der Waals surface area (Å²) in [6, 6.07) is 0. The summed E-state index contributed by atoms with van der Waals surface area (Å²) in [5.41, 5.74) is 0. The van der Waals surface area contributed by atoms with Gasteiger partial charge in [0.05, 0.1) is 13.2 Å². The van der Waals surface area contributed by atoms with E-state index in [1.807, 2.05) is 27.7 Å². The largest absolute Gasteiger partial charge is 0.377 e. The summed E-state index contributed by atoms with van der Waals surface area (Å²) in [5, 5.41) is 9.82. The Balaban J connectivity index is 4.85. The highest BCUT2D eigenvalue weighted by atomic mass is 35.6. The first-order valence-corrected chi connectivity index (χ1v) is 8.37. The highest BCUT2D eigenvalue weighted by Crippen LogP contribution is 2.59. The van der Waals surface area contributed by atoms with Crippen LogP contribution in [0.2, 0.25) is 0 Å². The lowest BCUT2D eigenvalue weighted by Gasteiger charge is -2.28. The van der Waals surface area contributed by atoms with Gasteiger partial charge in [-0.2, -0.15) is 0 Å². The van der Waals surface area contributed by atoms with Crippen molar-refractivity contribution in [1.82, 2.24) is 0 Å². The average molecular weight is 342 g/mol. The second-order valence-electron chi connectivity index (χ2n) is 4.83.